The molecule has 1 saturated carbocycles. The molecule has 2 N–H and O–H groups in total. The number of phenols is 2. The Labute approximate surface area is 107 Å². The normalized spacial score (nSPS) is 17.1. The lowest BCUT2D eigenvalue weighted by Crippen LogP contribution is -2.04. The van der Waals surface area contributed by atoms with Gasteiger partial charge in [-0.15, -0.1) is 0 Å². The Kier molecular flexibility index (Phi) is 2.86. The van der Waals surface area contributed by atoms with E-state index in [-0.39, 0.29) is 11.5 Å². The highest BCUT2D eigenvalue weighted by Gasteiger charge is 2.16. The zero-order valence-corrected chi connectivity index (χ0v) is 10.4. The SMILES string of the molecule is Oc1ccc2cc(C3CCCCC3)ccc2c1O. The van der Waals surface area contributed by atoms with Crippen LogP contribution in [0.4, 0.5) is 0 Å². The van der Waals surface area contributed by atoms with Crippen LogP contribution in [0.15, 0.2) is 30.3 Å². The van der Waals surface area contributed by atoms with E-state index < -0.39 is 0 Å². The Morgan fingerprint density at radius 3 is 2.44 bits per heavy atom. The number of benzene rings is 2. The van der Waals surface area contributed by atoms with E-state index in [1.54, 1.807) is 6.07 Å². The van der Waals surface area contributed by atoms with Gasteiger partial charge in [0.2, 0.25) is 0 Å². The van der Waals surface area contributed by atoms with E-state index in [0.29, 0.717) is 5.92 Å². The molecule has 0 saturated heterocycles. The summed E-state index contributed by atoms with van der Waals surface area (Å²) in [5, 5.41) is 21.0. The van der Waals surface area contributed by atoms with Gasteiger partial charge in [0.15, 0.2) is 11.5 Å². The van der Waals surface area contributed by atoms with E-state index in [1.165, 1.54) is 37.7 Å². The van der Waals surface area contributed by atoms with Crippen molar-refractivity contribution in [2.75, 3.05) is 0 Å². The van der Waals surface area contributed by atoms with Gasteiger partial charge in [-0.05, 0) is 35.8 Å². The van der Waals surface area contributed by atoms with Crippen LogP contribution < -0.4 is 0 Å². The Balaban J connectivity index is 2.03. The van der Waals surface area contributed by atoms with Crippen LogP contribution in [0.25, 0.3) is 10.8 Å². The molecular weight excluding hydrogens is 224 g/mol. The average Bonchev–Trinajstić information content (AvgIpc) is 2.44. The van der Waals surface area contributed by atoms with E-state index in [1.807, 2.05) is 12.1 Å². The van der Waals surface area contributed by atoms with E-state index in [0.717, 1.165) is 10.8 Å². The molecule has 2 aromatic rings. The molecule has 2 aromatic carbocycles. The van der Waals surface area contributed by atoms with Crippen molar-refractivity contribution < 1.29 is 10.2 Å². The minimum Gasteiger partial charge on any atom is -0.504 e. The molecule has 0 unspecified atom stereocenters. The first-order chi connectivity index (χ1) is 8.75. The number of aromatic hydroxyl groups is 2. The van der Waals surface area contributed by atoms with Crippen LogP contribution in [0, 0.1) is 0 Å². The van der Waals surface area contributed by atoms with E-state index >= 15 is 0 Å². The quantitative estimate of drug-likeness (QED) is 0.732. The van der Waals surface area contributed by atoms with Gasteiger partial charge in [0.05, 0.1) is 0 Å². The molecule has 18 heavy (non-hydrogen) atoms. The molecule has 0 aromatic heterocycles. The molecule has 0 heterocycles. The fourth-order valence-electron chi connectivity index (χ4n) is 3.01. The predicted molar refractivity (Wildman–Crippen MR) is 73.1 cm³/mol. The second kappa shape index (κ2) is 4.52. The van der Waals surface area contributed by atoms with Crippen molar-refractivity contribution in [3.63, 3.8) is 0 Å². The predicted octanol–water partition coefficient (Wildman–Crippen LogP) is 4.30. The highest BCUT2D eigenvalue weighted by molar-refractivity contribution is 5.90. The third-order valence-electron chi connectivity index (χ3n) is 4.07. The average molecular weight is 242 g/mol. The lowest BCUT2D eigenvalue weighted by Gasteiger charge is -2.22. The largest absolute Gasteiger partial charge is 0.504 e. The summed E-state index contributed by atoms with van der Waals surface area (Å²) < 4.78 is 0. The lowest BCUT2D eigenvalue weighted by atomic mass is 9.83. The van der Waals surface area contributed by atoms with Gasteiger partial charge in [-0.3, -0.25) is 0 Å². The van der Waals surface area contributed by atoms with Crippen LogP contribution in [0.3, 0.4) is 0 Å². The molecule has 0 bridgehead atoms. The van der Waals surface area contributed by atoms with Crippen molar-refractivity contribution in [1.82, 2.24) is 0 Å². The second-order valence-electron chi connectivity index (χ2n) is 5.25. The van der Waals surface area contributed by atoms with Crippen molar-refractivity contribution in [3.8, 4) is 11.5 Å². The Hall–Kier alpha value is -1.70. The lowest BCUT2D eigenvalue weighted by molar-refractivity contribution is 0.408. The van der Waals surface area contributed by atoms with E-state index in [4.69, 9.17) is 0 Å². The number of rotatable bonds is 1. The number of hydrogen-bond donors (Lipinski definition) is 2. The highest BCUT2D eigenvalue weighted by atomic mass is 16.3. The summed E-state index contributed by atoms with van der Waals surface area (Å²) in [6.45, 7) is 0. The standard InChI is InChI=1S/C16H18O2/c17-15-9-7-13-10-12(6-8-14(13)16(15)18)11-4-2-1-3-5-11/h6-11,17-18H,1-5H2. The maximum absolute atomic E-state index is 9.81. The first-order valence-corrected chi connectivity index (χ1v) is 6.70. The third kappa shape index (κ3) is 1.92. The molecule has 2 nitrogen and oxygen atoms in total. The van der Waals surface area contributed by atoms with E-state index in [9.17, 15) is 10.2 Å². The topological polar surface area (TPSA) is 40.5 Å². The fraction of sp³-hybridized carbons (Fsp3) is 0.375. The summed E-state index contributed by atoms with van der Waals surface area (Å²) in [7, 11) is 0. The van der Waals surface area contributed by atoms with Crippen LogP contribution in [0.5, 0.6) is 11.5 Å². The van der Waals surface area contributed by atoms with Gasteiger partial charge in [0.1, 0.15) is 0 Å². The first-order valence-electron chi connectivity index (χ1n) is 6.70. The minimum absolute atomic E-state index is 0.0114. The molecule has 2 heteroatoms. The molecule has 0 atom stereocenters. The molecule has 3 rings (SSSR count). The monoisotopic (exact) mass is 242 g/mol. The Morgan fingerprint density at radius 2 is 1.67 bits per heavy atom. The molecule has 1 aliphatic rings. The highest BCUT2D eigenvalue weighted by Crippen LogP contribution is 2.37. The van der Waals surface area contributed by atoms with Gasteiger partial charge in [-0.1, -0.05) is 43.5 Å². The summed E-state index contributed by atoms with van der Waals surface area (Å²) in [5.41, 5.74) is 1.37. The fourth-order valence-corrected chi connectivity index (χ4v) is 3.01. The number of phenolic OH excluding ortho intramolecular Hbond substituents is 2. The zero-order chi connectivity index (χ0) is 12.5. The molecule has 0 amide bonds. The zero-order valence-electron chi connectivity index (χ0n) is 10.4. The van der Waals surface area contributed by atoms with Gasteiger partial charge in [0, 0.05) is 5.39 Å². The van der Waals surface area contributed by atoms with Crippen LogP contribution in [0.1, 0.15) is 43.6 Å². The molecule has 0 spiro atoms. The summed E-state index contributed by atoms with van der Waals surface area (Å²) in [6, 6.07) is 9.61. The van der Waals surface area contributed by atoms with Crippen LogP contribution in [-0.2, 0) is 0 Å². The molecule has 0 aliphatic heterocycles. The summed E-state index contributed by atoms with van der Waals surface area (Å²) in [4.78, 5) is 0. The molecule has 94 valence electrons. The first kappa shape index (κ1) is 11.4. The van der Waals surface area contributed by atoms with Crippen LogP contribution in [-0.4, -0.2) is 10.2 Å². The molecule has 1 aliphatic carbocycles. The van der Waals surface area contributed by atoms with Crippen molar-refractivity contribution in [1.29, 1.82) is 0 Å². The van der Waals surface area contributed by atoms with Crippen LogP contribution in [0.2, 0.25) is 0 Å². The van der Waals surface area contributed by atoms with Crippen molar-refractivity contribution in [2.45, 2.75) is 38.0 Å². The molecule has 0 radical (unpaired) electrons. The van der Waals surface area contributed by atoms with Gasteiger partial charge >= 0.3 is 0 Å². The second-order valence-corrected chi connectivity index (χ2v) is 5.25. The third-order valence-corrected chi connectivity index (χ3v) is 4.07. The number of fused-ring (bicyclic) bond motifs is 1. The van der Waals surface area contributed by atoms with Gasteiger partial charge in [0.25, 0.3) is 0 Å². The van der Waals surface area contributed by atoms with E-state index in [2.05, 4.69) is 12.1 Å². The van der Waals surface area contributed by atoms with Crippen LogP contribution >= 0.6 is 0 Å². The van der Waals surface area contributed by atoms with Crippen molar-refractivity contribution >= 4 is 10.8 Å². The van der Waals surface area contributed by atoms with Gasteiger partial charge in [-0.25, -0.2) is 0 Å². The van der Waals surface area contributed by atoms with Gasteiger partial charge < -0.3 is 10.2 Å². The van der Waals surface area contributed by atoms with Crippen molar-refractivity contribution in [3.05, 3.63) is 35.9 Å². The molecular formula is C16H18O2. The number of hydrogen-bond acceptors (Lipinski definition) is 2. The molecule has 1 fully saturated rings. The smallest absolute Gasteiger partial charge is 0.165 e. The maximum atomic E-state index is 9.81. The summed E-state index contributed by atoms with van der Waals surface area (Å²) in [5.74, 6) is 0.606. The van der Waals surface area contributed by atoms with Gasteiger partial charge in [-0.2, -0.15) is 0 Å². The Morgan fingerprint density at radius 1 is 0.889 bits per heavy atom. The van der Waals surface area contributed by atoms with Crippen molar-refractivity contribution in [2.24, 2.45) is 0 Å². The Bertz CT molecular complexity index is 569. The summed E-state index contributed by atoms with van der Waals surface area (Å²) >= 11 is 0. The minimum atomic E-state index is -0.0482. The summed E-state index contributed by atoms with van der Waals surface area (Å²) in [6.07, 6.45) is 6.55. The maximum Gasteiger partial charge on any atom is 0.165 e.